The Bertz CT molecular complexity index is 1320. The van der Waals surface area contributed by atoms with E-state index in [0.29, 0.717) is 30.3 Å². The van der Waals surface area contributed by atoms with E-state index in [4.69, 9.17) is 0 Å². The van der Waals surface area contributed by atoms with Gasteiger partial charge in [-0.25, -0.2) is 13.4 Å². The van der Waals surface area contributed by atoms with E-state index in [2.05, 4.69) is 10.3 Å². The number of hydrogen-bond donors (Lipinski definition) is 1. The molecule has 3 aromatic rings. The van der Waals surface area contributed by atoms with Crippen molar-refractivity contribution in [3.05, 3.63) is 64.7 Å². The number of sulfonamides is 1. The van der Waals surface area contributed by atoms with Gasteiger partial charge in [0, 0.05) is 20.0 Å². The van der Waals surface area contributed by atoms with Crippen LogP contribution in [0.25, 0.3) is 10.9 Å². The van der Waals surface area contributed by atoms with Crippen LogP contribution in [0.2, 0.25) is 0 Å². The monoisotopic (exact) mass is 440 g/mol. The van der Waals surface area contributed by atoms with Gasteiger partial charge in [0.15, 0.2) is 0 Å². The smallest absolute Gasteiger partial charge is 0.261 e. The normalized spacial score (nSPS) is 17.5. The summed E-state index contributed by atoms with van der Waals surface area (Å²) in [6, 6.07) is 11.7. The number of benzene rings is 2. The second-order valence-corrected chi connectivity index (χ2v) is 9.72. The number of carbonyl (C=O) groups is 1. The first-order chi connectivity index (χ1) is 14.8. The molecule has 0 radical (unpaired) electrons. The lowest BCUT2D eigenvalue weighted by Gasteiger charge is -2.33. The van der Waals surface area contributed by atoms with Crippen molar-refractivity contribution in [1.82, 2.24) is 13.9 Å². The van der Waals surface area contributed by atoms with Crippen molar-refractivity contribution in [3.8, 4) is 0 Å². The van der Waals surface area contributed by atoms with Crippen molar-refractivity contribution in [2.24, 2.45) is 0 Å². The summed E-state index contributed by atoms with van der Waals surface area (Å²) in [7, 11) is -3.87. The average Bonchev–Trinajstić information content (AvgIpc) is 2.75. The third kappa shape index (κ3) is 4.11. The fourth-order valence-corrected chi connectivity index (χ4v) is 5.73. The highest BCUT2D eigenvalue weighted by molar-refractivity contribution is 7.89. The van der Waals surface area contributed by atoms with Crippen molar-refractivity contribution < 1.29 is 13.2 Å². The van der Waals surface area contributed by atoms with E-state index in [1.54, 1.807) is 43.3 Å². The molecule has 9 heteroatoms. The molecule has 1 aromatic heterocycles. The molecule has 1 fully saturated rings. The third-order valence-electron chi connectivity index (χ3n) is 5.51. The van der Waals surface area contributed by atoms with Gasteiger partial charge in [0.1, 0.15) is 4.90 Å². The average molecular weight is 441 g/mol. The van der Waals surface area contributed by atoms with Crippen molar-refractivity contribution in [3.63, 3.8) is 0 Å². The van der Waals surface area contributed by atoms with Crippen LogP contribution in [0.4, 0.5) is 5.69 Å². The van der Waals surface area contributed by atoms with E-state index in [-0.39, 0.29) is 34.6 Å². The predicted octanol–water partition coefficient (Wildman–Crippen LogP) is 2.69. The van der Waals surface area contributed by atoms with Gasteiger partial charge in [-0.05, 0) is 49.6 Å². The number of nitrogens with zero attached hydrogens (tertiary/aromatic N) is 3. The van der Waals surface area contributed by atoms with Crippen LogP contribution in [0.1, 0.15) is 31.4 Å². The second-order valence-electron chi connectivity index (χ2n) is 7.81. The van der Waals surface area contributed by atoms with Crippen LogP contribution in [0.15, 0.2) is 58.5 Å². The maximum absolute atomic E-state index is 13.5. The number of fused-ring (bicyclic) bond motifs is 1. The third-order valence-corrected chi connectivity index (χ3v) is 7.41. The molecule has 31 heavy (non-hydrogen) atoms. The van der Waals surface area contributed by atoms with Gasteiger partial charge in [0.05, 0.1) is 29.0 Å². The Balaban J connectivity index is 1.69. The molecular weight excluding hydrogens is 416 g/mol. The molecule has 0 aliphatic carbocycles. The maximum atomic E-state index is 13.5. The highest BCUT2D eigenvalue weighted by Gasteiger charge is 2.33. The van der Waals surface area contributed by atoms with Crippen molar-refractivity contribution in [2.75, 3.05) is 18.4 Å². The summed E-state index contributed by atoms with van der Waals surface area (Å²) < 4.78 is 29.9. The van der Waals surface area contributed by atoms with Crippen LogP contribution < -0.4 is 10.9 Å². The minimum Gasteiger partial charge on any atom is -0.325 e. The fraction of sp³-hybridized carbons (Fsp3) is 0.318. The Labute approximate surface area is 180 Å². The number of aryl methyl sites for hydroxylation is 1. The van der Waals surface area contributed by atoms with E-state index < -0.39 is 10.0 Å². The number of nitrogens with one attached hydrogen (secondary N) is 1. The topological polar surface area (TPSA) is 101 Å². The Kier molecular flexibility index (Phi) is 5.63. The van der Waals surface area contributed by atoms with Crippen LogP contribution in [0, 0.1) is 6.92 Å². The van der Waals surface area contributed by atoms with Gasteiger partial charge in [-0.1, -0.05) is 18.2 Å². The van der Waals surface area contributed by atoms with Gasteiger partial charge in [-0.2, -0.15) is 4.31 Å². The van der Waals surface area contributed by atoms with Crippen LogP contribution in [-0.2, 0) is 14.8 Å². The zero-order chi connectivity index (χ0) is 22.2. The molecule has 0 spiro atoms. The van der Waals surface area contributed by atoms with Gasteiger partial charge in [-0.3, -0.25) is 14.2 Å². The number of amides is 1. The van der Waals surface area contributed by atoms with Gasteiger partial charge in [-0.15, -0.1) is 0 Å². The summed E-state index contributed by atoms with van der Waals surface area (Å²) in [4.78, 5) is 29.0. The van der Waals surface area contributed by atoms with E-state index in [1.807, 2.05) is 6.07 Å². The number of anilines is 1. The van der Waals surface area contributed by atoms with Gasteiger partial charge < -0.3 is 5.32 Å². The Morgan fingerprint density at radius 2 is 1.97 bits per heavy atom. The zero-order valence-electron chi connectivity index (χ0n) is 17.4. The highest BCUT2D eigenvalue weighted by Crippen LogP contribution is 2.30. The van der Waals surface area contributed by atoms with E-state index >= 15 is 0 Å². The Morgan fingerprint density at radius 1 is 1.19 bits per heavy atom. The summed E-state index contributed by atoms with van der Waals surface area (Å²) in [5, 5.41) is 3.12. The molecule has 1 saturated heterocycles. The number of aromatic nitrogens is 2. The molecular formula is C22H24N4O4S. The van der Waals surface area contributed by atoms with Gasteiger partial charge >= 0.3 is 0 Å². The number of carbonyl (C=O) groups excluding carboxylic acids is 1. The summed E-state index contributed by atoms with van der Waals surface area (Å²) >= 11 is 0. The summed E-state index contributed by atoms with van der Waals surface area (Å²) in [5.41, 5.74) is 1.47. The lowest BCUT2D eigenvalue weighted by molar-refractivity contribution is -0.114. The quantitative estimate of drug-likeness (QED) is 0.672. The Morgan fingerprint density at radius 3 is 2.74 bits per heavy atom. The molecule has 0 saturated carbocycles. The van der Waals surface area contributed by atoms with Gasteiger partial charge in [0.2, 0.25) is 15.9 Å². The molecule has 1 unspecified atom stereocenters. The molecule has 1 N–H and O–H groups in total. The Hall–Kier alpha value is -3.04. The summed E-state index contributed by atoms with van der Waals surface area (Å²) in [5.74, 6) is -0.342. The van der Waals surface area contributed by atoms with E-state index in [1.165, 1.54) is 22.1 Å². The number of hydrogen-bond acceptors (Lipinski definition) is 5. The lowest BCUT2D eigenvalue weighted by atomic mass is 10.1. The number of piperidine rings is 1. The van der Waals surface area contributed by atoms with Crippen LogP contribution in [0.5, 0.6) is 0 Å². The maximum Gasteiger partial charge on any atom is 0.261 e. The van der Waals surface area contributed by atoms with Gasteiger partial charge in [0.25, 0.3) is 5.56 Å². The zero-order valence-corrected chi connectivity index (χ0v) is 18.2. The molecule has 1 amide bonds. The SMILES string of the molecule is CC(=O)Nc1ccc(C)cc1S(=O)(=O)N1CCCC(n2cnc3ccccc3c2=O)C1. The van der Waals surface area contributed by atoms with Crippen LogP contribution in [-0.4, -0.2) is 41.3 Å². The first-order valence-electron chi connectivity index (χ1n) is 10.1. The fourth-order valence-electron chi connectivity index (χ4n) is 3.98. The highest BCUT2D eigenvalue weighted by atomic mass is 32.2. The minimum atomic E-state index is -3.87. The molecule has 0 bridgehead atoms. The summed E-state index contributed by atoms with van der Waals surface area (Å²) in [6.45, 7) is 3.65. The van der Waals surface area contributed by atoms with Crippen LogP contribution in [0.3, 0.4) is 0 Å². The van der Waals surface area contributed by atoms with Crippen molar-refractivity contribution in [1.29, 1.82) is 0 Å². The molecule has 1 aliphatic heterocycles. The van der Waals surface area contributed by atoms with Crippen molar-refractivity contribution in [2.45, 2.75) is 37.6 Å². The second kappa shape index (κ2) is 8.24. The molecule has 4 rings (SSSR count). The van der Waals surface area contributed by atoms with E-state index in [0.717, 1.165) is 5.56 Å². The largest absolute Gasteiger partial charge is 0.325 e. The first-order valence-corrected chi connectivity index (χ1v) is 11.6. The summed E-state index contributed by atoms with van der Waals surface area (Å²) in [6.07, 6.45) is 2.80. The molecule has 1 aliphatic rings. The molecule has 2 aromatic carbocycles. The lowest BCUT2D eigenvalue weighted by Crippen LogP contribution is -2.43. The molecule has 8 nitrogen and oxygen atoms in total. The molecule has 2 heterocycles. The standard InChI is InChI=1S/C22H24N4O4S/c1-15-9-10-20(24-16(2)27)21(12-15)31(29,30)25-11-5-6-17(13-25)26-14-23-19-8-4-3-7-18(19)22(26)28/h3-4,7-10,12,14,17H,5-6,11,13H2,1-2H3,(H,24,27). The molecule has 1 atom stereocenters. The van der Waals surface area contributed by atoms with E-state index in [9.17, 15) is 18.0 Å². The minimum absolute atomic E-state index is 0.0623. The van der Waals surface area contributed by atoms with Crippen molar-refractivity contribution >= 4 is 32.5 Å². The first kappa shape index (κ1) is 21.2. The van der Waals surface area contributed by atoms with Crippen LogP contribution >= 0.6 is 0 Å². The predicted molar refractivity (Wildman–Crippen MR) is 119 cm³/mol. The molecule has 162 valence electrons. The number of rotatable bonds is 4. The number of para-hydroxylation sites is 1.